The van der Waals surface area contributed by atoms with Crippen molar-refractivity contribution in [1.82, 2.24) is 20.7 Å². The van der Waals surface area contributed by atoms with Gasteiger partial charge in [0.05, 0.1) is 12.7 Å². The molecule has 1 aromatic rings. The lowest BCUT2D eigenvalue weighted by Crippen LogP contribution is -2.32. The average molecular weight is 198 g/mol. The molecule has 1 heterocycles. The van der Waals surface area contributed by atoms with Crippen LogP contribution in [-0.2, 0) is 11.3 Å². The zero-order chi connectivity index (χ0) is 10.6. The lowest BCUT2D eigenvalue weighted by Gasteiger charge is -2.19. The Morgan fingerprint density at radius 3 is 2.86 bits per heavy atom. The number of hydrogen-bond donors (Lipinski definition) is 2. The van der Waals surface area contributed by atoms with Gasteiger partial charge < -0.3 is 10.1 Å². The van der Waals surface area contributed by atoms with Gasteiger partial charge in [0.15, 0.2) is 0 Å². The van der Waals surface area contributed by atoms with Crippen LogP contribution in [0.5, 0.6) is 0 Å². The Morgan fingerprint density at radius 1 is 1.64 bits per heavy atom. The second-order valence-electron chi connectivity index (χ2n) is 3.82. The number of aromatic amines is 1. The fourth-order valence-corrected chi connectivity index (χ4v) is 0.787. The van der Waals surface area contributed by atoms with Crippen LogP contribution in [0.1, 0.15) is 26.5 Å². The third-order valence-electron chi connectivity index (χ3n) is 1.28. The van der Waals surface area contributed by atoms with E-state index in [9.17, 15) is 4.79 Å². The van der Waals surface area contributed by atoms with E-state index in [4.69, 9.17) is 4.74 Å². The molecule has 0 atom stereocenters. The van der Waals surface area contributed by atoms with Crippen LogP contribution in [0.2, 0.25) is 0 Å². The maximum Gasteiger partial charge on any atom is 0.407 e. The van der Waals surface area contributed by atoms with Crippen molar-refractivity contribution < 1.29 is 9.53 Å². The van der Waals surface area contributed by atoms with Crippen molar-refractivity contribution in [2.75, 3.05) is 0 Å². The lowest BCUT2D eigenvalue weighted by atomic mass is 10.2. The summed E-state index contributed by atoms with van der Waals surface area (Å²) in [6, 6.07) is 0. The second kappa shape index (κ2) is 4.08. The van der Waals surface area contributed by atoms with Crippen molar-refractivity contribution in [3.63, 3.8) is 0 Å². The second-order valence-corrected chi connectivity index (χ2v) is 3.82. The van der Waals surface area contributed by atoms with Crippen molar-refractivity contribution in [2.45, 2.75) is 32.9 Å². The number of ether oxygens (including phenoxy) is 1. The maximum absolute atomic E-state index is 11.2. The zero-order valence-corrected chi connectivity index (χ0v) is 8.50. The number of hydrogen-bond acceptors (Lipinski definition) is 4. The topological polar surface area (TPSA) is 79.9 Å². The monoisotopic (exact) mass is 198 g/mol. The summed E-state index contributed by atoms with van der Waals surface area (Å²) in [5.41, 5.74) is 0.185. The minimum atomic E-state index is -0.478. The van der Waals surface area contributed by atoms with E-state index in [1.54, 1.807) is 0 Å². The van der Waals surface area contributed by atoms with E-state index in [-0.39, 0.29) is 0 Å². The third-order valence-corrected chi connectivity index (χ3v) is 1.28. The molecule has 6 heteroatoms. The first-order chi connectivity index (χ1) is 6.47. The molecule has 0 aliphatic rings. The quantitative estimate of drug-likeness (QED) is 0.737. The van der Waals surface area contributed by atoms with Crippen LogP contribution in [-0.4, -0.2) is 27.1 Å². The van der Waals surface area contributed by atoms with Gasteiger partial charge in [-0.1, -0.05) is 0 Å². The van der Waals surface area contributed by atoms with E-state index in [0.29, 0.717) is 12.2 Å². The molecule has 1 amide bonds. The first kappa shape index (κ1) is 10.5. The largest absolute Gasteiger partial charge is 0.444 e. The summed E-state index contributed by atoms with van der Waals surface area (Å²) in [6.07, 6.45) is 1.08. The molecule has 0 saturated carbocycles. The number of amides is 1. The molecule has 0 fully saturated rings. The molecule has 0 aliphatic carbocycles. The molecule has 0 bridgehead atoms. The Bertz CT molecular complexity index is 289. The van der Waals surface area contributed by atoms with Crippen molar-refractivity contribution in [2.24, 2.45) is 0 Å². The smallest absolute Gasteiger partial charge is 0.407 e. The Hall–Kier alpha value is -1.59. The minimum Gasteiger partial charge on any atom is -0.444 e. The van der Waals surface area contributed by atoms with Crippen LogP contribution in [0.4, 0.5) is 4.79 Å². The van der Waals surface area contributed by atoms with Crippen LogP contribution >= 0.6 is 0 Å². The summed E-state index contributed by atoms with van der Waals surface area (Å²) in [6.45, 7) is 5.74. The number of alkyl carbamates (subject to hydrolysis) is 1. The third kappa shape index (κ3) is 3.88. The fraction of sp³-hybridized carbons (Fsp3) is 0.625. The van der Waals surface area contributed by atoms with E-state index in [0.717, 1.165) is 0 Å². The van der Waals surface area contributed by atoms with Gasteiger partial charge in [0.2, 0.25) is 0 Å². The standard InChI is InChI=1S/C8H14N4O2/c1-8(2,3)14-7(13)9-4-6-5-10-12-11-6/h5H,4H2,1-3H3,(H,9,13)(H,10,11,12). The van der Waals surface area contributed by atoms with Gasteiger partial charge in [-0.15, -0.1) is 0 Å². The summed E-state index contributed by atoms with van der Waals surface area (Å²) in [7, 11) is 0. The molecule has 0 saturated heterocycles. The SMILES string of the molecule is CC(C)(C)OC(=O)NCc1cn[nH]n1. The van der Waals surface area contributed by atoms with Crippen LogP contribution in [0.3, 0.4) is 0 Å². The Morgan fingerprint density at radius 2 is 2.36 bits per heavy atom. The van der Waals surface area contributed by atoms with Crippen LogP contribution in [0, 0.1) is 0 Å². The normalized spacial score (nSPS) is 11.1. The van der Waals surface area contributed by atoms with Gasteiger partial charge in [0, 0.05) is 0 Å². The first-order valence-corrected chi connectivity index (χ1v) is 4.29. The van der Waals surface area contributed by atoms with Crippen molar-refractivity contribution in [3.8, 4) is 0 Å². The van der Waals surface area contributed by atoms with Gasteiger partial charge in [-0.05, 0) is 20.8 Å². The predicted molar refractivity (Wildman–Crippen MR) is 49.5 cm³/mol. The van der Waals surface area contributed by atoms with Crippen molar-refractivity contribution in [1.29, 1.82) is 0 Å². The Balaban J connectivity index is 2.29. The van der Waals surface area contributed by atoms with Crippen molar-refractivity contribution in [3.05, 3.63) is 11.9 Å². The summed E-state index contributed by atoms with van der Waals surface area (Å²) in [5.74, 6) is 0. The lowest BCUT2D eigenvalue weighted by molar-refractivity contribution is 0.0523. The molecule has 6 nitrogen and oxygen atoms in total. The maximum atomic E-state index is 11.2. The Labute approximate surface area is 82.0 Å². The van der Waals surface area contributed by atoms with Crippen LogP contribution in [0.15, 0.2) is 6.20 Å². The van der Waals surface area contributed by atoms with E-state index < -0.39 is 11.7 Å². The highest BCUT2D eigenvalue weighted by Crippen LogP contribution is 2.06. The molecule has 0 aromatic carbocycles. The number of rotatable bonds is 2. The van der Waals surface area contributed by atoms with Crippen LogP contribution in [0.25, 0.3) is 0 Å². The van der Waals surface area contributed by atoms with E-state index in [2.05, 4.69) is 20.7 Å². The predicted octanol–water partition coefficient (Wildman–Crippen LogP) is 0.829. The van der Waals surface area contributed by atoms with Gasteiger partial charge in [0.1, 0.15) is 11.3 Å². The van der Waals surface area contributed by atoms with Gasteiger partial charge in [-0.2, -0.15) is 15.4 Å². The molecule has 78 valence electrons. The highest BCUT2D eigenvalue weighted by atomic mass is 16.6. The van der Waals surface area contributed by atoms with Gasteiger partial charge in [0.25, 0.3) is 0 Å². The van der Waals surface area contributed by atoms with E-state index in [1.807, 2.05) is 20.8 Å². The summed E-state index contributed by atoms with van der Waals surface area (Å²) < 4.78 is 5.03. The zero-order valence-electron chi connectivity index (χ0n) is 8.50. The Kier molecular flexibility index (Phi) is 3.06. The molecule has 2 N–H and O–H groups in total. The number of carbonyl (C=O) groups is 1. The fourth-order valence-electron chi connectivity index (χ4n) is 0.787. The molecule has 0 radical (unpaired) electrons. The number of H-pyrrole nitrogens is 1. The molecule has 14 heavy (non-hydrogen) atoms. The van der Waals surface area contributed by atoms with Gasteiger partial charge in [-0.3, -0.25) is 0 Å². The average Bonchev–Trinajstić information content (AvgIpc) is 2.49. The van der Waals surface area contributed by atoms with Gasteiger partial charge >= 0.3 is 6.09 Å². The van der Waals surface area contributed by atoms with E-state index >= 15 is 0 Å². The molecule has 0 unspecified atom stereocenters. The number of aromatic nitrogens is 3. The number of carbonyl (C=O) groups excluding carboxylic acids is 1. The minimum absolute atomic E-state index is 0.311. The molecular weight excluding hydrogens is 184 g/mol. The summed E-state index contributed by atoms with van der Waals surface area (Å²) in [5, 5.41) is 12.4. The highest BCUT2D eigenvalue weighted by molar-refractivity contribution is 5.67. The summed E-state index contributed by atoms with van der Waals surface area (Å²) >= 11 is 0. The molecule has 0 spiro atoms. The number of nitrogens with one attached hydrogen (secondary N) is 2. The van der Waals surface area contributed by atoms with Crippen molar-refractivity contribution >= 4 is 6.09 Å². The first-order valence-electron chi connectivity index (χ1n) is 4.29. The van der Waals surface area contributed by atoms with Crippen LogP contribution < -0.4 is 5.32 Å². The highest BCUT2D eigenvalue weighted by Gasteiger charge is 2.15. The summed E-state index contributed by atoms with van der Waals surface area (Å²) in [4.78, 5) is 11.2. The molecule has 1 rings (SSSR count). The molecular formula is C8H14N4O2. The number of nitrogens with zero attached hydrogens (tertiary/aromatic N) is 2. The molecule has 0 aliphatic heterocycles. The van der Waals surface area contributed by atoms with Gasteiger partial charge in [-0.25, -0.2) is 4.79 Å². The molecule has 1 aromatic heterocycles. The van der Waals surface area contributed by atoms with E-state index in [1.165, 1.54) is 6.20 Å².